The summed E-state index contributed by atoms with van der Waals surface area (Å²) in [4.78, 5) is 23.8. The van der Waals surface area contributed by atoms with E-state index in [-0.39, 0.29) is 18.3 Å². The fourth-order valence-electron chi connectivity index (χ4n) is 2.12. The number of rotatable bonds is 9. The molecule has 0 aliphatic carbocycles. The van der Waals surface area contributed by atoms with E-state index in [0.717, 1.165) is 0 Å². The molecule has 0 spiro atoms. The van der Waals surface area contributed by atoms with Crippen LogP contribution in [0.1, 0.15) is 23.7 Å². The minimum atomic E-state index is -0.311. The van der Waals surface area contributed by atoms with E-state index in [1.807, 2.05) is 0 Å². The number of halogens is 2. The van der Waals surface area contributed by atoms with Crippen molar-refractivity contribution in [1.29, 1.82) is 0 Å². The molecule has 2 rings (SSSR count). The van der Waals surface area contributed by atoms with Crippen molar-refractivity contribution in [3.63, 3.8) is 0 Å². The van der Waals surface area contributed by atoms with Crippen molar-refractivity contribution < 1.29 is 19.1 Å². The second-order valence-electron chi connectivity index (χ2n) is 5.36. The van der Waals surface area contributed by atoms with Crippen molar-refractivity contribution in [3.8, 4) is 11.5 Å². The van der Waals surface area contributed by atoms with Gasteiger partial charge in [-0.2, -0.15) is 0 Å². The molecule has 0 aliphatic rings. The molecule has 0 bridgehead atoms. The molecule has 7 heteroatoms. The molecule has 0 fully saturated rings. The molecular formula is C19H19Cl2NO4. The van der Waals surface area contributed by atoms with E-state index < -0.39 is 0 Å². The SMILES string of the molecule is CCC(=O)c1cc(Cl)ccc1OCC(=O)NCCOc1ccc(Cl)cc1. The van der Waals surface area contributed by atoms with Gasteiger partial charge in [-0.15, -0.1) is 0 Å². The van der Waals surface area contributed by atoms with Crippen molar-refractivity contribution in [2.45, 2.75) is 13.3 Å². The van der Waals surface area contributed by atoms with Crippen LogP contribution in [0, 0.1) is 0 Å². The van der Waals surface area contributed by atoms with E-state index in [0.29, 0.717) is 46.7 Å². The average molecular weight is 396 g/mol. The first-order valence-corrected chi connectivity index (χ1v) is 8.85. The molecule has 138 valence electrons. The Morgan fingerprint density at radius 3 is 2.38 bits per heavy atom. The lowest BCUT2D eigenvalue weighted by Crippen LogP contribution is -2.32. The molecule has 0 saturated carbocycles. The number of carbonyl (C=O) groups is 2. The van der Waals surface area contributed by atoms with Crippen molar-refractivity contribution in [2.75, 3.05) is 19.8 Å². The fraction of sp³-hybridized carbons (Fsp3) is 0.263. The van der Waals surface area contributed by atoms with Gasteiger partial charge >= 0.3 is 0 Å². The number of benzene rings is 2. The second-order valence-corrected chi connectivity index (χ2v) is 6.23. The van der Waals surface area contributed by atoms with Gasteiger partial charge in [0.2, 0.25) is 0 Å². The van der Waals surface area contributed by atoms with Crippen LogP contribution in [0.2, 0.25) is 10.0 Å². The second kappa shape index (κ2) is 10.0. The van der Waals surface area contributed by atoms with Crippen LogP contribution in [0.4, 0.5) is 0 Å². The van der Waals surface area contributed by atoms with Crippen LogP contribution in [0.15, 0.2) is 42.5 Å². The smallest absolute Gasteiger partial charge is 0.258 e. The predicted molar refractivity (Wildman–Crippen MR) is 102 cm³/mol. The lowest BCUT2D eigenvalue weighted by Gasteiger charge is -2.11. The largest absolute Gasteiger partial charge is 0.492 e. The van der Waals surface area contributed by atoms with Gasteiger partial charge in [0.05, 0.1) is 12.1 Å². The average Bonchev–Trinajstić information content (AvgIpc) is 2.65. The number of nitrogens with one attached hydrogen (secondary N) is 1. The summed E-state index contributed by atoms with van der Waals surface area (Å²) in [6.07, 6.45) is 0.324. The highest BCUT2D eigenvalue weighted by molar-refractivity contribution is 6.31. The van der Waals surface area contributed by atoms with Crippen molar-refractivity contribution in [2.24, 2.45) is 0 Å². The highest BCUT2D eigenvalue weighted by Gasteiger charge is 2.13. The molecule has 0 saturated heterocycles. The zero-order chi connectivity index (χ0) is 18.9. The molecule has 2 aromatic carbocycles. The Morgan fingerprint density at radius 1 is 1.00 bits per heavy atom. The van der Waals surface area contributed by atoms with E-state index >= 15 is 0 Å². The lowest BCUT2D eigenvalue weighted by atomic mass is 10.1. The standard InChI is InChI=1S/C19H19Cl2NO4/c1-2-17(23)16-11-14(21)5-8-18(16)26-12-19(24)22-9-10-25-15-6-3-13(20)4-7-15/h3-8,11H,2,9-10,12H2,1H3,(H,22,24). The van der Waals surface area contributed by atoms with Crippen LogP contribution >= 0.6 is 23.2 Å². The van der Waals surface area contributed by atoms with Crippen molar-refractivity contribution >= 4 is 34.9 Å². The monoisotopic (exact) mass is 395 g/mol. The Morgan fingerprint density at radius 2 is 1.69 bits per heavy atom. The Bertz CT molecular complexity index is 763. The molecule has 0 unspecified atom stereocenters. The highest BCUT2D eigenvalue weighted by atomic mass is 35.5. The Kier molecular flexibility index (Phi) is 7.75. The first-order valence-electron chi connectivity index (χ1n) is 8.10. The van der Waals surface area contributed by atoms with Gasteiger partial charge in [-0.05, 0) is 42.5 Å². The number of carbonyl (C=O) groups excluding carboxylic acids is 2. The first kappa shape index (κ1) is 20.1. The normalized spacial score (nSPS) is 10.3. The van der Waals surface area contributed by atoms with Gasteiger partial charge in [0.25, 0.3) is 5.91 Å². The third-order valence-electron chi connectivity index (χ3n) is 3.43. The van der Waals surface area contributed by atoms with Gasteiger partial charge < -0.3 is 14.8 Å². The maximum absolute atomic E-state index is 11.9. The Hall–Kier alpha value is -2.24. The van der Waals surface area contributed by atoms with E-state index in [9.17, 15) is 9.59 Å². The zero-order valence-electron chi connectivity index (χ0n) is 14.3. The van der Waals surface area contributed by atoms with Gasteiger partial charge in [0.15, 0.2) is 12.4 Å². The highest BCUT2D eigenvalue weighted by Crippen LogP contribution is 2.24. The van der Waals surface area contributed by atoms with Crippen LogP contribution in [0.5, 0.6) is 11.5 Å². The third kappa shape index (κ3) is 6.24. The topological polar surface area (TPSA) is 64.6 Å². The maximum Gasteiger partial charge on any atom is 0.258 e. The van der Waals surface area contributed by atoms with E-state index in [1.165, 1.54) is 0 Å². The summed E-state index contributed by atoms with van der Waals surface area (Å²) in [5.74, 6) is 0.603. The molecule has 26 heavy (non-hydrogen) atoms. The summed E-state index contributed by atoms with van der Waals surface area (Å²) in [7, 11) is 0. The maximum atomic E-state index is 11.9. The quantitative estimate of drug-likeness (QED) is 0.511. The van der Waals surface area contributed by atoms with E-state index in [4.69, 9.17) is 32.7 Å². The summed E-state index contributed by atoms with van der Waals surface area (Å²) in [5, 5.41) is 3.76. The molecule has 0 heterocycles. The molecule has 0 aliphatic heterocycles. The number of Topliss-reactive ketones (excluding diaryl/α,β-unsaturated/α-hetero) is 1. The minimum absolute atomic E-state index is 0.0979. The Balaban J connectivity index is 1.76. The van der Waals surface area contributed by atoms with Gasteiger partial charge in [-0.3, -0.25) is 9.59 Å². The van der Waals surface area contributed by atoms with Crippen LogP contribution in [-0.2, 0) is 4.79 Å². The van der Waals surface area contributed by atoms with Gasteiger partial charge in [0.1, 0.15) is 18.1 Å². The van der Waals surface area contributed by atoms with Crippen molar-refractivity contribution in [1.82, 2.24) is 5.32 Å². The fourth-order valence-corrected chi connectivity index (χ4v) is 2.42. The minimum Gasteiger partial charge on any atom is -0.492 e. The molecular weight excluding hydrogens is 377 g/mol. The molecule has 5 nitrogen and oxygen atoms in total. The van der Waals surface area contributed by atoms with Crippen molar-refractivity contribution in [3.05, 3.63) is 58.1 Å². The predicted octanol–water partition coefficient (Wildman–Crippen LogP) is 4.16. The van der Waals surface area contributed by atoms with Gasteiger partial charge in [-0.1, -0.05) is 30.1 Å². The third-order valence-corrected chi connectivity index (χ3v) is 3.92. The first-order chi connectivity index (χ1) is 12.5. The van der Waals surface area contributed by atoms with Crippen LogP contribution in [-0.4, -0.2) is 31.4 Å². The van der Waals surface area contributed by atoms with E-state index in [2.05, 4.69) is 5.32 Å². The summed E-state index contributed by atoms with van der Waals surface area (Å²) in [5.41, 5.74) is 0.374. The summed E-state index contributed by atoms with van der Waals surface area (Å²) >= 11 is 11.7. The molecule has 1 N–H and O–H groups in total. The number of ether oxygens (including phenoxy) is 2. The van der Waals surface area contributed by atoms with E-state index in [1.54, 1.807) is 49.4 Å². The van der Waals surface area contributed by atoms with Gasteiger partial charge in [-0.25, -0.2) is 0 Å². The molecule has 0 radical (unpaired) electrons. The van der Waals surface area contributed by atoms with Crippen LogP contribution in [0.25, 0.3) is 0 Å². The summed E-state index contributed by atoms with van der Waals surface area (Å²) in [6, 6.07) is 11.7. The zero-order valence-corrected chi connectivity index (χ0v) is 15.8. The summed E-state index contributed by atoms with van der Waals surface area (Å²) < 4.78 is 10.9. The van der Waals surface area contributed by atoms with Gasteiger partial charge in [0, 0.05) is 16.5 Å². The Labute approximate surface area is 162 Å². The molecule has 0 aromatic heterocycles. The summed E-state index contributed by atoms with van der Waals surface area (Å²) in [6.45, 7) is 2.19. The van der Waals surface area contributed by atoms with Crippen LogP contribution in [0.3, 0.4) is 0 Å². The molecule has 1 amide bonds. The number of hydrogen-bond acceptors (Lipinski definition) is 4. The number of amides is 1. The van der Waals surface area contributed by atoms with Crippen LogP contribution < -0.4 is 14.8 Å². The molecule has 2 aromatic rings. The lowest BCUT2D eigenvalue weighted by molar-refractivity contribution is -0.123. The number of hydrogen-bond donors (Lipinski definition) is 1. The molecule has 0 atom stereocenters. The number of ketones is 1.